The van der Waals surface area contributed by atoms with Crippen molar-refractivity contribution in [2.45, 2.75) is 38.4 Å². The van der Waals surface area contributed by atoms with E-state index in [1.54, 1.807) is 0 Å². The van der Waals surface area contributed by atoms with Gasteiger partial charge in [0.25, 0.3) is 5.91 Å². The average Bonchev–Trinajstić information content (AvgIpc) is 3.02. The lowest BCUT2D eigenvalue weighted by Crippen LogP contribution is -2.45. The Kier molecular flexibility index (Phi) is 3.65. The quantitative estimate of drug-likeness (QED) is 0.903. The van der Waals surface area contributed by atoms with Gasteiger partial charge >= 0.3 is 0 Å². The minimum atomic E-state index is -0.0118. The zero-order valence-electron chi connectivity index (χ0n) is 11.0. The number of carbonyl (C=O) groups excluding carboxylic acids is 1. The summed E-state index contributed by atoms with van der Waals surface area (Å²) in [5.74, 6) is -0.0118. The maximum absolute atomic E-state index is 12.4. The molecule has 0 saturated carbocycles. The standard InChI is InChI=1S/C12H18N4O2S/c1-2-5-13-12-15-14-10(19-12)11(17)16-6-8-3-4-9(7-16)18-8/h8-9H,2-7H2,1H3,(H,13,15). The SMILES string of the molecule is CCCNc1nnc(C(=O)N2CC3CCC(C2)O3)s1. The highest BCUT2D eigenvalue weighted by Gasteiger charge is 2.36. The van der Waals surface area contributed by atoms with Crippen molar-refractivity contribution >= 4 is 22.4 Å². The highest BCUT2D eigenvalue weighted by Crippen LogP contribution is 2.27. The Morgan fingerprint density at radius 1 is 1.42 bits per heavy atom. The van der Waals surface area contributed by atoms with E-state index in [9.17, 15) is 4.79 Å². The second-order valence-corrected chi connectivity index (χ2v) is 5.98. The Labute approximate surface area is 116 Å². The van der Waals surface area contributed by atoms with Gasteiger partial charge in [0.05, 0.1) is 12.2 Å². The van der Waals surface area contributed by atoms with Crippen LogP contribution in [0.15, 0.2) is 0 Å². The zero-order valence-corrected chi connectivity index (χ0v) is 11.8. The van der Waals surface area contributed by atoms with Crippen molar-refractivity contribution in [3.05, 3.63) is 5.01 Å². The number of anilines is 1. The third-order valence-electron chi connectivity index (χ3n) is 3.46. The summed E-state index contributed by atoms with van der Waals surface area (Å²) in [6.45, 7) is 4.31. The number of nitrogens with zero attached hydrogens (tertiary/aromatic N) is 3. The van der Waals surface area contributed by atoms with Gasteiger partial charge in [0.2, 0.25) is 10.1 Å². The topological polar surface area (TPSA) is 67.4 Å². The van der Waals surface area contributed by atoms with Crippen molar-refractivity contribution in [1.29, 1.82) is 0 Å². The third kappa shape index (κ3) is 2.71. The van der Waals surface area contributed by atoms with Crippen molar-refractivity contribution in [2.75, 3.05) is 25.0 Å². The summed E-state index contributed by atoms with van der Waals surface area (Å²) in [5, 5.41) is 12.3. The first-order chi connectivity index (χ1) is 9.26. The first-order valence-corrected chi connectivity index (χ1v) is 7.60. The molecule has 0 aliphatic carbocycles. The lowest BCUT2D eigenvalue weighted by Gasteiger charge is -2.31. The minimum absolute atomic E-state index is 0.0118. The van der Waals surface area contributed by atoms with Crippen LogP contribution in [0.3, 0.4) is 0 Å². The Balaban J connectivity index is 1.64. The molecule has 0 aromatic carbocycles. The molecule has 0 radical (unpaired) electrons. The molecular formula is C12H18N4O2S. The summed E-state index contributed by atoms with van der Waals surface area (Å²) in [7, 11) is 0. The molecule has 1 aromatic heterocycles. The van der Waals surface area contributed by atoms with Crippen LogP contribution in [-0.2, 0) is 4.74 Å². The predicted octanol–water partition coefficient (Wildman–Crippen LogP) is 1.36. The van der Waals surface area contributed by atoms with Gasteiger partial charge < -0.3 is 15.0 Å². The van der Waals surface area contributed by atoms with Crippen LogP contribution < -0.4 is 5.32 Å². The number of rotatable bonds is 4. The van der Waals surface area contributed by atoms with Gasteiger partial charge in [0.1, 0.15) is 0 Å². The normalized spacial score (nSPS) is 25.6. The number of carbonyl (C=O) groups is 1. The van der Waals surface area contributed by atoms with Crippen LogP contribution in [0.4, 0.5) is 5.13 Å². The van der Waals surface area contributed by atoms with Crippen molar-refractivity contribution in [3.63, 3.8) is 0 Å². The molecule has 2 aliphatic heterocycles. The summed E-state index contributed by atoms with van der Waals surface area (Å²) in [6, 6.07) is 0. The van der Waals surface area contributed by atoms with E-state index in [4.69, 9.17) is 4.74 Å². The van der Waals surface area contributed by atoms with Crippen molar-refractivity contribution < 1.29 is 9.53 Å². The van der Waals surface area contributed by atoms with E-state index in [1.165, 1.54) is 11.3 Å². The summed E-state index contributed by atoms with van der Waals surface area (Å²) >= 11 is 1.33. The van der Waals surface area contributed by atoms with E-state index < -0.39 is 0 Å². The van der Waals surface area contributed by atoms with Crippen LogP contribution in [0.5, 0.6) is 0 Å². The number of nitrogens with one attached hydrogen (secondary N) is 1. The largest absolute Gasteiger partial charge is 0.371 e. The fourth-order valence-corrected chi connectivity index (χ4v) is 3.27. The number of likely N-dealkylation sites (tertiary alicyclic amines) is 1. The average molecular weight is 282 g/mol. The molecule has 2 fully saturated rings. The van der Waals surface area contributed by atoms with Gasteiger partial charge in [-0.25, -0.2) is 0 Å². The second-order valence-electron chi connectivity index (χ2n) is 5.01. The monoisotopic (exact) mass is 282 g/mol. The number of aromatic nitrogens is 2. The van der Waals surface area contributed by atoms with Crippen LogP contribution in [0.2, 0.25) is 0 Å². The number of ether oxygens (including phenoxy) is 1. The molecule has 2 bridgehead atoms. The molecule has 104 valence electrons. The van der Waals surface area contributed by atoms with E-state index in [0.717, 1.165) is 30.9 Å². The number of hydrogen-bond acceptors (Lipinski definition) is 6. The number of amides is 1. The van der Waals surface area contributed by atoms with E-state index in [-0.39, 0.29) is 18.1 Å². The molecule has 1 N–H and O–H groups in total. The molecule has 3 rings (SSSR count). The molecule has 2 saturated heterocycles. The van der Waals surface area contributed by atoms with Gasteiger partial charge in [0.15, 0.2) is 0 Å². The summed E-state index contributed by atoms with van der Waals surface area (Å²) in [5.41, 5.74) is 0. The van der Waals surface area contributed by atoms with Gasteiger partial charge in [-0.15, -0.1) is 10.2 Å². The van der Waals surface area contributed by atoms with Gasteiger partial charge in [-0.05, 0) is 19.3 Å². The lowest BCUT2D eigenvalue weighted by atomic mass is 10.2. The van der Waals surface area contributed by atoms with Crippen LogP contribution >= 0.6 is 11.3 Å². The number of fused-ring (bicyclic) bond motifs is 2. The molecule has 2 unspecified atom stereocenters. The number of hydrogen-bond donors (Lipinski definition) is 1. The second kappa shape index (κ2) is 5.42. The third-order valence-corrected chi connectivity index (χ3v) is 4.33. The fourth-order valence-electron chi connectivity index (χ4n) is 2.53. The van der Waals surface area contributed by atoms with E-state index in [2.05, 4.69) is 22.4 Å². The van der Waals surface area contributed by atoms with E-state index in [1.807, 2.05) is 4.90 Å². The molecule has 2 atom stereocenters. The van der Waals surface area contributed by atoms with Gasteiger partial charge in [-0.2, -0.15) is 0 Å². The van der Waals surface area contributed by atoms with Crippen molar-refractivity contribution in [1.82, 2.24) is 15.1 Å². The Morgan fingerprint density at radius 3 is 2.84 bits per heavy atom. The van der Waals surface area contributed by atoms with E-state index in [0.29, 0.717) is 18.1 Å². The molecule has 2 aliphatic rings. The summed E-state index contributed by atoms with van der Waals surface area (Å²) in [6.07, 6.45) is 3.58. The molecule has 6 nitrogen and oxygen atoms in total. The maximum Gasteiger partial charge on any atom is 0.285 e. The van der Waals surface area contributed by atoms with Gasteiger partial charge in [-0.3, -0.25) is 4.79 Å². The molecule has 7 heteroatoms. The van der Waals surface area contributed by atoms with Gasteiger partial charge in [-0.1, -0.05) is 18.3 Å². The fraction of sp³-hybridized carbons (Fsp3) is 0.750. The molecule has 0 spiro atoms. The summed E-state index contributed by atoms with van der Waals surface area (Å²) < 4.78 is 5.73. The molecule has 3 heterocycles. The first-order valence-electron chi connectivity index (χ1n) is 6.78. The van der Waals surface area contributed by atoms with Crippen LogP contribution in [0.25, 0.3) is 0 Å². The smallest absolute Gasteiger partial charge is 0.285 e. The predicted molar refractivity (Wildman–Crippen MR) is 72.5 cm³/mol. The van der Waals surface area contributed by atoms with Crippen LogP contribution in [-0.4, -0.2) is 52.8 Å². The highest BCUT2D eigenvalue weighted by molar-refractivity contribution is 7.17. The number of morpholine rings is 1. The minimum Gasteiger partial charge on any atom is -0.371 e. The molecule has 1 aromatic rings. The lowest BCUT2D eigenvalue weighted by molar-refractivity contribution is -0.0303. The van der Waals surface area contributed by atoms with Crippen LogP contribution in [0, 0.1) is 0 Å². The van der Waals surface area contributed by atoms with Crippen LogP contribution in [0.1, 0.15) is 36.0 Å². The van der Waals surface area contributed by atoms with Gasteiger partial charge in [0, 0.05) is 19.6 Å². The Morgan fingerprint density at radius 2 is 2.16 bits per heavy atom. The zero-order chi connectivity index (χ0) is 13.2. The first kappa shape index (κ1) is 12.8. The maximum atomic E-state index is 12.4. The summed E-state index contributed by atoms with van der Waals surface area (Å²) in [4.78, 5) is 14.2. The van der Waals surface area contributed by atoms with Crippen molar-refractivity contribution in [3.8, 4) is 0 Å². The molecular weight excluding hydrogens is 264 g/mol. The molecule has 19 heavy (non-hydrogen) atoms. The Hall–Kier alpha value is -1.21. The van der Waals surface area contributed by atoms with Crippen molar-refractivity contribution in [2.24, 2.45) is 0 Å². The Bertz CT molecular complexity index is 452. The van der Waals surface area contributed by atoms with E-state index >= 15 is 0 Å². The molecule has 1 amide bonds. The highest BCUT2D eigenvalue weighted by atomic mass is 32.1.